The molecule has 13 nitrogen and oxygen atoms in total. The van der Waals surface area contributed by atoms with Gasteiger partial charge in [0.05, 0.1) is 33.1 Å². The van der Waals surface area contributed by atoms with Crippen molar-refractivity contribution in [2.24, 2.45) is 5.10 Å². The first kappa shape index (κ1) is 23.6. The van der Waals surface area contributed by atoms with Crippen LogP contribution < -0.4 is 14.9 Å². The van der Waals surface area contributed by atoms with Gasteiger partial charge in [0.2, 0.25) is 0 Å². The summed E-state index contributed by atoms with van der Waals surface area (Å²) < 4.78 is 11.2. The Bertz CT molecular complexity index is 1250. The molecule has 0 saturated carbocycles. The summed E-state index contributed by atoms with van der Waals surface area (Å²) in [5, 5.41) is 36.8. The van der Waals surface area contributed by atoms with E-state index in [4.69, 9.17) is 9.47 Å². The summed E-state index contributed by atoms with van der Waals surface area (Å²) in [5.74, 6) is 0.787. The fourth-order valence-electron chi connectivity index (χ4n) is 2.77. The summed E-state index contributed by atoms with van der Waals surface area (Å²) >= 11 is 0. The van der Waals surface area contributed by atoms with Gasteiger partial charge in [-0.2, -0.15) is 5.10 Å². The molecule has 174 valence electrons. The smallest absolute Gasteiger partial charge is 0.301 e. The third-order valence-electron chi connectivity index (χ3n) is 4.33. The number of benzene rings is 3. The van der Waals surface area contributed by atoms with E-state index in [0.717, 1.165) is 12.1 Å². The van der Waals surface area contributed by atoms with Gasteiger partial charge in [0.1, 0.15) is 30.4 Å². The van der Waals surface area contributed by atoms with Crippen LogP contribution in [0.2, 0.25) is 0 Å². The molecule has 0 saturated heterocycles. The highest BCUT2D eigenvalue weighted by Crippen LogP contribution is 2.29. The molecule has 0 atom stereocenters. The Morgan fingerprint density at radius 1 is 0.794 bits per heavy atom. The molecule has 0 heterocycles. The normalized spacial score (nSPS) is 10.6. The van der Waals surface area contributed by atoms with Crippen molar-refractivity contribution in [1.82, 2.24) is 0 Å². The Kier molecular flexibility index (Phi) is 7.63. The predicted molar refractivity (Wildman–Crippen MR) is 121 cm³/mol. The predicted octanol–water partition coefficient (Wildman–Crippen LogP) is 4.32. The number of rotatable bonds is 11. The minimum Gasteiger partial charge on any atom is -0.490 e. The molecular weight excluding hydrogens is 450 g/mol. The van der Waals surface area contributed by atoms with Crippen molar-refractivity contribution in [3.05, 3.63) is 103 Å². The topological polar surface area (TPSA) is 172 Å². The van der Waals surface area contributed by atoms with Gasteiger partial charge in [-0.05, 0) is 24.3 Å². The molecule has 3 aromatic rings. The second kappa shape index (κ2) is 11.0. The number of para-hydroxylation sites is 1. The molecule has 34 heavy (non-hydrogen) atoms. The maximum Gasteiger partial charge on any atom is 0.301 e. The van der Waals surface area contributed by atoms with Crippen molar-refractivity contribution in [3.8, 4) is 11.5 Å². The van der Waals surface area contributed by atoms with Gasteiger partial charge in [0.15, 0.2) is 0 Å². The molecule has 13 heteroatoms. The van der Waals surface area contributed by atoms with Crippen molar-refractivity contribution < 1.29 is 24.2 Å². The number of non-ortho nitro benzene ring substituents is 2. The molecule has 0 radical (unpaired) electrons. The summed E-state index contributed by atoms with van der Waals surface area (Å²) in [5.41, 5.74) is 2.06. The number of nitrogens with one attached hydrogen (secondary N) is 1. The zero-order valence-corrected chi connectivity index (χ0v) is 17.4. The van der Waals surface area contributed by atoms with E-state index in [1.54, 1.807) is 30.3 Å². The lowest BCUT2D eigenvalue weighted by Crippen LogP contribution is -2.10. The highest BCUT2D eigenvalue weighted by atomic mass is 16.6. The van der Waals surface area contributed by atoms with Crippen molar-refractivity contribution in [2.45, 2.75) is 0 Å². The fraction of sp³-hybridized carbons (Fsp3) is 0.0952. The van der Waals surface area contributed by atoms with E-state index < -0.39 is 26.1 Å². The van der Waals surface area contributed by atoms with Crippen molar-refractivity contribution in [3.63, 3.8) is 0 Å². The molecule has 0 spiro atoms. The summed E-state index contributed by atoms with van der Waals surface area (Å²) in [4.78, 5) is 30.9. The summed E-state index contributed by atoms with van der Waals surface area (Å²) in [7, 11) is 0. The van der Waals surface area contributed by atoms with Gasteiger partial charge in [-0.15, -0.1) is 0 Å². The van der Waals surface area contributed by atoms with Crippen LogP contribution in [0.4, 0.5) is 22.7 Å². The van der Waals surface area contributed by atoms with E-state index in [2.05, 4.69) is 10.5 Å². The van der Waals surface area contributed by atoms with Crippen LogP contribution in [0.5, 0.6) is 11.5 Å². The molecule has 0 bridgehead atoms. The Morgan fingerprint density at radius 3 is 2.24 bits per heavy atom. The lowest BCUT2D eigenvalue weighted by atomic mass is 10.2. The average molecular weight is 467 g/mol. The second-order valence-corrected chi connectivity index (χ2v) is 6.57. The molecule has 0 aliphatic heterocycles. The molecular formula is C21H17N5O8. The lowest BCUT2D eigenvalue weighted by molar-refractivity contribution is -0.393. The van der Waals surface area contributed by atoms with E-state index >= 15 is 0 Å². The molecule has 0 aromatic heterocycles. The van der Waals surface area contributed by atoms with Crippen LogP contribution in [0.3, 0.4) is 0 Å². The molecule has 0 unspecified atom stereocenters. The number of nitro benzene ring substituents is 3. The number of anilines is 1. The number of hydrazone groups is 1. The van der Waals surface area contributed by atoms with E-state index in [9.17, 15) is 30.3 Å². The first-order chi connectivity index (χ1) is 16.3. The van der Waals surface area contributed by atoms with Crippen LogP contribution in [0.25, 0.3) is 0 Å². The van der Waals surface area contributed by atoms with Gasteiger partial charge < -0.3 is 9.47 Å². The molecule has 0 fully saturated rings. The maximum absolute atomic E-state index is 11.2. The van der Waals surface area contributed by atoms with Crippen molar-refractivity contribution in [2.75, 3.05) is 18.6 Å². The summed E-state index contributed by atoms with van der Waals surface area (Å²) in [6, 6.07) is 15.8. The quantitative estimate of drug-likeness (QED) is 0.186. The van der Waals surface area contributed by atoms with E-state index in [1.807, 2.05) is 0 Å². The van der Waals surface area contributed by atoms with Gasteiger partial charge >= 0.3 is 5.69 Å². The highest BCUT2D eigenvalue weighted by Gasteiger charge is 2.19. The van der Waals surface area contributed by atoms with Crippen LogP contribution in [0, 0.1) is 30.3 Å². The Morgan fingerprint density at radius 2 is 1.50 bits per heavy atom. The van der Waals surface area contributed by atoms with Crippen LogP contribution in [0.15, 0.2) is 71.8 Å². The van der Waals surface area contributed by atoms with Crippen molar-refractivity contribution >= 4 is 29.0 Å². The second-order valence-electron chi connectivity index (χ2n) is 6.57. The number of nitrogens with zero attached hydrogens (tertiary/aromatic N) is 4. The molecule has 0 aliphatic carbocycles. The van der Waals surface area contributed by atoms with E-state index in [0.29, 0.717) is 17.1 Å². The average Bonchev–Trinajstić information content (AvgIpc) is 2.82. The molecule has 3 aromatic carbocycles. The fourth-order valence-corrected chi connectivity index (χ4v) is 2.77. The standard InChI is InChI=1S/C21H17N5O8/c27-24(28)16-5-3-6-18(12-16)33-10-11-34-21-7-2-1-4-15(21)14-22-23-19-9-8-17(25(29)30)13-20(19)26(31)32/h1-9,12-14,23H,10-11H2/b22-14+. The minimum atomic E-state index is -0.747. The molecule has 1 N–H and O–H groups in total. The van der Waals surface area contributed by atoms with Crippen LogP contribution >= 0.6 is 0 Å². The summed E-state index contributed by atoms with van der Waals surface area (Å²) in [6.45, 7) is 0.259. The molecule has 0 amide bonds. The van der Waals surface area contributed by atoms with Gasteiger partial charge in [-0.3, -0.25) is 35.8 Å². The van der Waals surface area contributed by atoms with E-state index in [-0.39, 0.29) is 24.6 Å². The van der Waals surface area contributed by atoms with Gasteiger partial charge in [-0.25, -0.2) is 0 Å². The minimum absolute atomic E-state index is 0.0180. The zero-order valence-electron chi connectivity index (χ0n) is 17.4. The first-order valence-corrected chi connectivity index (χ1v) is 9.66. The number of nitro groups is 3. The Balaban J connectivity index is 1.61. The maximum atomic E-state index is 11.2. The molecule has 3 rings (SSSR count). The monoisotopic (exact) mass is 467 g/mol. The lowest BCUT2D eigenvalue weighted by Gasteiger charge is -2.10. The van der Waals surface area contributed by atoms with Crippen LogP contribution in [-0.4, -0.2) is 34.2 Å². The summed E-state index contributed by atoms with van der Waals surface area (Å²) in [6.07, 6.45) is 1.38. The SMILES string of the molecule is O=[N+]([O-])c1cccc(OCCOc2ccccc2/C=N/Nc2ccc([N+](=O)[O-])cc2[N+](=O)[O-])c1. The third kappa shape index (κ3) is 6.23. The zero-order chi connectivity index (χ0) is 24.5. The number of ether oxygens (including phenoxy) is 2. The Labute approximate surface area is 191 Å². The largest absolute Gasteiger partial charge is 0.490 e. The van der Waals surface area contributed by atoms with Gasteiger partial charge in [-0.1, -0.05) is 18.2 Å². The molecule has 0 aliphatic rings. The van der Waals surface area contributed by atoms with Crippen LogP contribution in [-0.2, 0) is 0 Å². The third-order valence-corrected chi connectivity index (χ3v) is 4.33. The first-order valence-electron chi connectivity index (χ1n) is 9.66. The number of hydrogen-bond donors (Lipinski definition) is 1. The van der Waals surface area contributed by atoms with Gasteiger partial charge in [0, 0.05) is 17.7 Å². The van der Waals surface area contributed by atoms with Gasteiger partial charge in [0.25, 0.3) is 11.4 Å². The number of hydrogen-bond acceptors (Lipinski definition) is 10. The highest BCUT2D eigenvalue weighted by molar-refractivity contribution is 5.84. The van der Waals surface area contributed by atoms with Crippen molar-refractivity contribution in [1.29, 1.82) is 0 Å². The van der Waals surface area contributed by atoms with Crippen LogP contribution in [0.1, 0.15) is 5.56 Å². The van der Waals surface area contributed by atoms with E-state index in [1.165, 1.54) is 30.5 Å². The Hall–Kier alpha value is -5.07.